The second-order valence-corrected chi connectivity index (χ2v) is 9.74. The zero-order valence-corrected chi connectivity index (χ0v) is 22.3. The average Bonchev–Trinajstić information content (AvgIpc) is 3.28. The predicted octanol–water partition coefficient (Wildman–Crippen LogP) is 5.46. The van der Waals surface area contributed by atoms with Crippen molar-refractivity contribution in [1.29, 1.82) is 0 Å². The normalized spacial score (nSPS) is 21.9. The van der Waals surface area contributed by atoms with Crippen LogP contribution in [0.2, 0.25) is 0 Å². The van der Waals surface area contributed by atoms with Crippen molar-refractivity contribution in [3.8, 4) is 11.4 Å². The Morgan fingerprint density at radius 3 is 2.54 bits per heavy atom. The Morgan fingerprint density at radius 1 is 1.19 bits per heavy atom. The van der Waals surface area contributed by atoms with Crippen LogP contribution in [0.5, 0.6) is 0 Å². The van der Waals surface area contributed by atoms with Gasteiger partial charge in [-0.05, 0) is 62.3 Å². The molecule has 37 heavy (non-hydrogen) atoms. The number of hydrogen-bond acceptors (Lipinski definition) is 4. The van der Waals surface area contributed by atoms with Crippen LogP contribution in [-0.2, 0) is 0 Å². The summed E-state index contributed by atoms with van der Waals surface area (Å²) in [5.41, 5.74) is 5.86. The highest BCUT2D eigenvalue weighted by Crippen LogP contribution is 2.57. The van der Waals surface area contributed by atoms with Crippen LogP contribution in [0.1, 0.15) is 46.0 Å². The zero-order valence-electron chi connectivity index (χ0n) is 22.3. The maximum atomic E-state index is 4.76. The molecule has 0 bridgehead atoms. The fourth-order valence-electron chi connectivity index (χ4n) is 5.13. The molecule has 1 saturated carbocycles. The lowest BCUT2D eigenvalue weighted by molar-refractivity contribution is 0.199. The monoisotopic (exact) mass is 494 g/mol. The molecule has 2 unspecified atom stereocenters. The fourth-order valence-corrected chi connectivity index (χ4v) is 5.13. The van der Waals surface area contributed by atoms with Crippen LogP contribution in [0.15, 0.2) is 82.7 Å². The van der Waals surface area contributed by atoms with Crippen molar-refractivity contribution in [2.75, 3.05) is 12.4 Å². The molecule has 0 amide bonds. The Labute approximate surface area is 220 Å². The first-order chi connectivity index (χ1) is 17.8. The van der Waals surface area contributed by atoms with Gasteiger partial charge in [0, 0.05) is 41.7 Å². The zero-order chi connectivity index (χ0) is 26.6. The van der Waals surface area contributed by atoms with E-state index < -0.39 is 0 Å². The van der Waals surface area contributed by atoms with Crippen molar-refractivity contribution >= 4 is 30.4 Å². The first-order valence-electron chi connectivity index (χ1n) is 13.0. The SMILES string of the molecule is C=C(NC(/C=c1/nc(-c2ccc(NC(=C)C3(CC)CC(CC)C3=C)cc2)[nH]c1=C)=NC)C1=CCCC=N1. The summed E-state index contributed by atoms with van der Waals surface area (Å²) < 4.78 is 0. The van der Waals surface area contributed by atoms with Gasteiger partial charge in [0.2, 0.25) is 0 Å². The number of nitrogens with zero attached hydrogens (tertiary/aromatic N) is 3. The number of aromatic nitrogens is 2. The first kappa shape index (κ1) is 26.1. The summed E-state index contributed by atoms with van der Waals surface area (Å²) >= 11 is 0. The van der Waals surface area contributed by atoms with E-state index in [1.807, 2.05) is 24.4 Å². The molecule has 1 aromatic heterocycles. The van der Waals surface area contributed by atoms with Crippen LogP contribution in [0.25, 0.3) is 24.0 Å². The van der Waals surface area contributed by atoms with Gasteiger partial charge in [-0.3, -0.25) is 9.98 Å². The van der Waals surface area contributed by atoms with Crippen LogP contribution in [0, 0.1) is 11.3 Å². The summed E-state index contributed by atoms with van der Waals surface area (Å²) in [4.78, 5) is 16.8. The Bertz CT molecular complexity index is 1400. The lowest BCUT2D eigenvalue weighted by atomic mass is 9.55. The van der Waals surface area contributed by atoms with Crippen molar-refractivity contribution in [2.45, 2.75) is 46.0 Å². The smallest absolute Gasteiger partial charge is 0.138 e. The highest BCUT2D eigenvalue weighted by atomic mass is 15.0. The average molecular weight is 495 g/mol. The number of imidazole rings is 1. The summed E-state index contributed by atoms with van der Waals surface area (Å²) in [6, 6.07) is 8.20. The number of rotatable bonds is 9. The number of nitrogens with one attached hydrogen (secondary N) is 3. The van der Waals surface area contributed by atoms with Crippen molar-refractivity contribution < 1.29 is 0 Å². The second-order valence-electron chi connectivity index (χ2n) is 9.74. The molecule has 0 radical (unpaired) electrons. The maximum absolute atomic E-state index is 4.76. The van der Waals surface area contributed by atoms with Gasteiger partial charge in [0.1, 0.15) is 11.7 Å². The van der Waals surface area contributed by atoms with Crippen molar-refractivity contribution in [3.05, 3.63) is 83.4 Å². The number of aromatic amines is 1. The highest BCUT2D eigenvalue weighted by molar-refractivity contribution is 6.09. The van der Waals surface area contributed by atoms with Crippen molar-refractivity contribution in [2.24, 2.45) is 21.3 Å². The third kappa shape index (κ3) is 5.29. The minimum Gasteiger partial charge on any atom is -0.359 e. The highest BCUT2D eigenvalue weighted by Gasteiger charge is 2.47. The third-order valence-corrected chi connectivity index (χ3v) is 7.61. The van der Waals surface area contributed by atoms with E-state index in [9.17, 15) is 0 Å². The molecule has 3 N–H and O–H groups in total. The predicted molar refractivity (Wildman–Crippen MR) is 158 cm³/mol. The molecule has 6 heteroatoms. The standard InChI is InChI=1S/C31H38N6/c1-8-24-19-31(9-2,20(24)3)23(6)36-26-15-13-25(14-16-26)30-35-22(5)28(37-30)18-29(32-7)34-21(4)27-12-10-11-17-33-27/h12-18,24,36H,3-6,8-11,19H2,1-2,7H3,(H,32,34)(H,35,37)/b28-18+. The molecular weight excluding hydrogens is 456 g/mol. The van der Waals surface area contributed by atoms with Gasteiger partial charge < -0.3 is 15.6 Å². The minimum absolute atomic E-state index is 0.00831. The molecule has 192 valence electrons. The fraction of sp³-hybridized carbons (Fsp3) is 0.323. The molecule has 1 aliphatic carbocycles. The molecule has 2 aliphatic rings. The first-order valence-corrected chi connectivity index (χ1v) is 13.0. The lowest BCUT2D eigenvalue weighted by Gasteiger charge is -2.51. The van der Waals surface area contributed by atoms with E-state index in [2.05, 4.69) is 84.0 Å². The molecule has 1 fully saturated rings. The summed E-state index contributed by atoms with van der Waals surface area (Å²) in [5.74, 6) is 1.99. The molecule has 2 atom stereocenters. The third-order valence-electron chi connectivity index (χ3n) is 7.61. The molecule has 2 aromatic rings. The summed E-state index contributed by atoms with van der Waals surface area (Å²) in [5, 5.41) is 8.20. The van der Waals surface area contributed by atoms with E-state index in [1.165, 1.54) is 5.57 Å². The number of anilines is 1. The molecule has 1 aliphatic heterocycles. The molecular formula is C31H38N6. The Hall–Kier alpha value is -3.93. The number of benzene rings is 1. The number of amidine groups is 1. The Kier molecular flexibility index (Phi) is 7.77. The topological polar surface area (TPSA) is 77.5 Å². The molecule has 4 rings (SSSR count). The molecule has 0 saturated heterocycles. The number of aliphatic imine (C=N–C) groups is 2. The Morgan fingerprint density at radius 2 is 1.95 bits per heavy atom. The van der Waals surface area contributed by atoms with E-state index in [-0.39, 0.29) is 5.41 Å². The quantitative estimate of drug-likeness (QED) is 0.246. The molecule has 6 nitrogen and oxygen atoms in total. The van der Waals surface area contributed by atoms with Gasteiger partial charge in [-0.25, -0.2) is 4.98 Å². The van der Waals surface area contributed by atoms with Crippen LogP contribution in [0.4, 0.5) is 5.69 Å². The molecule has 0 spiro atoms. The van der Waals surface area contributed by atoms with Gasteiger partial charge in [-0.1, -0.05) is 51.8 Å². The van der Waals surface area contributed by atoms with Gasteiger partial charge in [0.05, 0.1) is 22.1 Å². The van der Waals surface area contributed by atoms with Crippen LogP contribution in [0.3, 0.4) is 0 Å². The van der Waals surface area contributed by atoms with E-state index in [4.69, 9.17) is 4.98 Å². The van der Waals surface area contributed by atoms with E-state index in [0.717, 1.165) is 60.6 Å². The molecule has 1 aromatic carbocycles. The van der Waals surface area contributed by atoms with Gasteiger partial charge in [-0.2, -0.15) is 0 Å². The van der Waals surface area contributed by atoms with Crippen LogP contribution in [-0.4, -0.2) is 29.1 Å². The van der Waals surface area contributed by atoms with Gasteiger partial charge in [-0.15, -0.1) is 0 Å². The summed E-state index contributed by atoms with van der Waals surface area (Å²) in [6.45, 7) is 21.4. The maximum Gasteiger partial charge on any atom is 0.138 e. The van der Waals surface area contributed by atoms with Crippen LogP contribution >= 0.6 is 0 Å². The number of H-pyrrole nitrogens is 1. The number of hydrogen-bond donors (Lipinski definition) is 3. The van der Waals surface area contributed by atoms with E-state index in [0.29, 0.717) is 28.1 Å². The van der Waals surface area contributed by atoms with Gasteiger partial charge >= 0.3 is 0 Å². The molecule has 2 heterocycles. The van der Waals surface area contributed by atoms with Gasteiger partial charge in [0.25, 0.3) is 0 Å². The summed E-state index contributed by atoms with van der Waals surface area (Å²) in [7, 11) is 1.73. The number of allylic oxidation sites excluding steroid dienone is 2. The van der Waals surface area contributed by atoms with Crippen molar-refractivity contribution in [1.82, 2.24) is 15.3 Å². The second kappa shape index (κ2) is 11.0. The van der Waals surface area contributed by atoms with Gasteiger partial charge in [0.15, 0.2) is 0 Å². The minimum atomic E-state index is -0.00831. The van der Waals surface area contributed by atoms with Crippen LogP contribution < -0.4 is 21.3 Å². The lowest BCUT2D eigenvalue weighted by Crippen LogP contribution is -2.42. The Balaban J connectivity index is 1.47. The van der Waals surface area contributed by atoms with Crippen molar-refractivity contribution in [3.63, 3.8) is 0 Å². The van der Waals surface area contributed by atoms with E-state index >= 15 is 0 Å². The van der Waals surface area contributed by atoms with E-state index in [1.54, 1.807) is 7.05 Å². The summed E-state index contributed by atoms with van der Waals surface area (Å²) in [6.07, 6.45) is 11.0. The largest absolute Gasteiger partial charge is 0.359 e.